The minimum Gasteiger partial charge on any atom is -0.457 e. The number of aryl methyl sites for hydroxylation is 2. The molecule has 4 aromatic carbocycles. The van der Waals surface area contributed by atoms with Gasteiger partial charge in [-0.25, -0.2) is 4.98 Å². The van der Waals surface area contributed by atoms with Gasteiger partial charge in [-0.1, -0.05) is 45.0 Å². The van der Waals surface area contributed by atoms with Gasteiger partial charge in [-0.3, -0.25) is 9.05 Å². The monoisotopic (exact) mass is 565 g/mol. The predicted molar refractivity (Wildman–Crippen MR) is 178 cm³/mol. The summed E-state index contributed by atoms with van der Waals surface area (Å²) in [5.41, 5.74) is 10.2. The van der Waals surface area contributed by atoms with Gasteiger partial charge in [0.05, 0.1) is 24.7 Å². The average Bonchev–Trinajstić information content (AvgIpc) is 3.51. The van der Waals surface area contributed by atoms with Crippen molar-refractivity contribution in [2.24, 2.45) is 0 Å². The second-order valence-electron chi connectivity index (χ2n) is 13.6. The molecule has 0 saturated carbocycles. The third-order valence-electron chi connectivity index (χ3n) is 9.54. The van der Waals surface area contributed by atoms with Crippen LogP contribution in [0.2, 0.25) is 0 Å². The molecule has 0 radical (unpaired) electrons. The number of rotatable bonds is 4. The molecule has 6 aromatic rings. The fourth-order valence-corrected chi connectivity index (χ4v) is 7.15. The number of quaternary nitrogens is 2. The Morgan fingerprint density at radius 3 is 2.28 bits per heavy atom. The molecule has 1 saturated heterocycles. The first kappa shape index (κ1) is 26.2. The van der Waals surface area contributed by atoms with Gasteiger partial charge in [0.1, 0.15) is 23.0 Å². The van der Waals surface area contributed by atoms with Gasteiger partial charge in [0, 0.05) is 41.2 Å². The average molecular weight is 566 g/mol. The molecule has 0 aliphatic carbocycles. The van der Waals surface area contributed by atoms with Crippen molar-refractivity contribution < 1.29 is 4.74 Å². The summed E-state index contributed by atoms with van der Waals surface area (Å²) in [6.07, 6.45) is 1.92. The summed E-state index contributed by atoms with van der Waals surface area (Å²) >= 11 is 0. The van der Waals surface area contributed by atoms with E-state index in [1.54, 1.807) is 0 Å². The number of aromatic nitrogens is 2. The largest absolute Gasteiger partial charge is 0.457 e. The van der Waals surface area contributed by atoms with Crippen LogP contribution in [0.3, 0.4) is 0 Å². The molecular formula is C38H37N4O+. The zero-order valence-electron chi connectivity index (χ0n) is 25.7. The highest BCUT2D eigenvalue weighted by molar-refractivity contribution is 6.09. The first-order valence-corrected chi connectivity index (χ1v) is 15.1. The van der Waals surface area contributed by atoms with E-state index in [4.69, 9.17) is 9.72 Å². The summed E-state index contributed by atoms with van der Waals surface area (Å²) in [5, 5.41) is 2.39. The third-order valence-corrected chi connectivity index (χ3v) is 9.54. The van der Waals surface area contributed by atoms with Gasteiger partial charge in [-0.05, 0) is 78.4 Å². The molecular weight excluding hydrogens is 528 g/mol. The van der Waals surface area contributed by atoms with Crippen molar-refractivity contribution in [3.05, 3.63) is 121 Å². The molecule has 3 aliphatic heterocycles. The minimum atomic E-state index is 0.0271. The van der Waals surface area contributed by atoms with Crippen molar-refractivity contribution in [1.82, 2.24) is 18.5 Å². The lowest BCUT2D eigenvalue weighted by Crippen LogP contribution is -2.68. The lowest BCUT2D eigenvalue weighted by molar-refractivity contribution is 0.157. The van der Waals surface area contributed by atoms with Crippen LogP contribution in [0.4, 0.5) is 17.1 Å². The summed E-state index contributed by atoms with van der Waals surface area (Å²) in [7, 11) is 2.30. The molecule has 0 spiro atoms. The maximum atomic E-state index is 6.61. The summed E-state index contributed by atoms with van der Waals surface area (Å²) < 4.78 is 10.5. The van der Waals surface area contributed by atoms with E-state index in [1.807, 2.05) is 6.20 Å². The van der Waals surface area contributed by atoms with Gasteiger partial charge in [0.2, 0.25) is 0 Å². The van der Waals surface area contributed by atoms with Crippen LogP contribution in [0.25, 0.3) is 27.6 Å². The van der Waals surface area contributed by atoms with E-state index < -0.39 is 0 Å². The van der Waals surface area contributed by atoms with Crippen LogP contribution in [-0.2, 0) is 5.41 Å². The maximum absolute atomic E-state index is 6.61. The van der Waals surface area contributed by atoms with Crippen molar-refractivity contribution in [2.45, 2.75) is 40.0 Å². The van der Waals surface area contributed by atoms with E-state index in [0.29, 0.717) is 0 Å². The molecule has 2 atom stereocenters. The Balaban J connectivity index is 1.20. The van der Waals surface area contributed by atoms with Crippen LogP contribution >= 0.6 is 0 Å². The standard InChI is InChI=1S/C38H37N4O/c1-25-18-35-36(19-26(25)2)42(23-41(35,6)24-42)28-10-9-11-29(21-28)43-30-14-15-32-31-12-7-8-13-33(31)40(34(32)22-30)37-20-27(16-17-39-37)38(3,4)5/h7-23H,24H2,1-6H3/q+1/t41-,42+/m0/s1. The maximum Gasteiger partial charge on any atom is 0.181 e. The number of benzene rings is 4. The first-order valence-electron chi connectivity index (χ1n) is 15.1. The van der Waals surface area contributed by atoms with Crippen LogP contribution < -0.4 is 13.7 Å². The highest BCUT2D eigenvalue weighted by Crippen LogP contribution is 2.61. The topological polar surface area (TPSA) is 27.1 Å². The quantitative estimate of drug-likeness (QED) is 0.157. The molecule has 43 heavy (non-hydrogen) atoms. The van der Waals surface area contributed by atoms with E-state index >= 15 is 0 Å². The van der Waals surface area contributed by atoms with E-state index in [-0.39, 0.29) is 5.41 Å². The molecule has 5 heteroatoms. The van der Waals surface area contributed by atoms with Gasteiger partial charge in [-0.15, -0.1) is 0 Å². The molecule has 5 nitrogen and oxygen atoms in total. The van der Waals surface area contributed by atoms with E-state index in [2.05, 4.69) is 144 Å². The Morgan fingerprint density at radius 1 is 0.767 bits per heavy atom. The van der Waals surface area contributed by atoms with Crippen molar-refractivity contribution in [2.75, 3.05) is 13.7 Å². The first-order chi connectivity index (χ1) is 20.6. The fraction of sp³-hybridized carbons (Fsp3) is 0.211. The molecule has 0 N–H and O–H groups in total. The molecule has 3 aliphatic rings. The molecule has 0 unspecified atom stereocenters. The highest BCUT2D eigenvalue weighted by atomic mass is 16.5. The zero-order chi connectivity index (χ0) is 29.7. The van der Waals surface area contributed by atoms with E-state index in [9.17, 15) is 0 Å². The lowest BCUT2D eigenvalue weighted by atomic mass is 9.88. The van der Waals surface area contributed by atoms with Gasteiger partial charge >= 0.3 is 0 Å². The number of nitrogens with zero attached hydrogens (tertiary/aromatic N) is 4. The van der Waals surface area contributed by atoms with Gasteiger partial charge in [-0.2, -0.15) is 0 Å². The second-order valence-corrected chi connectivity index (χ2v) is 13.6. The summed E-state index contributed by atoms with van der Waals surface area (Å²) in [6, 6.07) is 32.6. The molecule has 2 aromatic heterocycles. The number of hydrogen-bond donors (Lipinski definition) is 0. The fourth-order valence-electron chi connectivity index (χ4n) is 7.15. The lowest BCUT2D eigenvalue weighted by Gasteiger charge is -2.54. The number of fused-ring (bicyclic) bond motifs is 3. The molecule has 9 rings (SSSR count). The smallest absolute Gasteiger partial charge is 0.181 e. The Labute approximate surface area is 253 Å². The Bertz CT molecular complexity index is 2090. The van der Waals surface area contributed by atoms with Crippen molar-refractivity contribution in [1.29, 1.82) is 0 Å². The summed E-state index contributed by atoms with van der Waals surface area (Å²) in [6.45, 7) is 14.6. The Hall–Kier alpha value is -4.45. The van der Waals surface area contributed by atoms with E-state index in [0.717, 1.165) is 44.0 Å². The van der Waals surface area contributed by atoms with Gasteiger partial charge < -0.3 is 9.22 Å². The predicted octanol–water partition coefficient (Wildman–Crippen LogP) is 9.57. The van der Waals surface area contributed by atoms with Crippen molar-refractivity contribution >= 4 is 38.9 Å². The Kier molecular flexibility index (Phi) is 5.35. The summed E-state index contributed by atoms with van der Waals surface area (Å²) in [4.78, 5) is 4.83. The van der Waals surface area contributed by atoms with Crippen LogP contribution in [0.1, 0.15) is 37.5 Å². The van der Waals surface area contributed by atoms with Crippen molar-refractivity contribution in [3.8, 4) is 17.3 Å². The third kappa shape index (κ3) is 3.81. The molecule has 0 amide bonds. The zero-order valence-corrected chi connectivity index (χ0v) is 25.7. The van der Waals surface area contributed by atoms with Crippen molar-refractivity contribution in [3.63, 3.8) is 0 Å². The molecule has 2 bridgehead atoms. The highest BCUT2D eigenvalue weighted by Gasteiger charge is 2.59. The van der Waals surface area contributed by atoms with Crippen LogP contribution in [0.5, 0.6) is 11.5 Å². The minimum absolute atomic E-state index is 0.0271. The summed E-state index contributed by atoms with van der Waals surface area (Å²) in [5.74, 6) is 2.56. The van der Waals surface area contributed by atoms with Crippen LogP contribution in [-0.4, -0.2) is 23.3 Å². The van der Waals surface area contributed by atoms with Gasteiger partial charge in [0.25, 0.3) is 0 Å². The molecule has 1 fully saturated rings. The number of pyridine rings is 1. The SMILES string of the molecule is Cc1cc2c(cc1C)[N@@+]1(C)[CH-][N@+]2(c2cccc(Oc3ccc4c5ccccc5n(-c5cc(C(C)(C)C)ccn5)c4c3)c2)C1. The Morgan fingerprint density at radius 2 is 1.49 bits per heavy atom. The number of para-hydroxylation sites is 1. The molecule has 214 valence electrons. The second kappa shape index (κ2) is 8.79. The van der Waals surface area contributed by atoms with Gasteiger partial charge in [0.15, 0.2) is 18.0 Å². The normalized spacial score (nSPS) is 20.8. The molecule has 5 heterocycles. The van der Waals surface area contributed by atoms with E-state index in [1.165, 1.54) is 44.5 Å². The number of ether oxygens (including phenoxy) is 1. The van der Waals surface area contributed by atoms with Crippen LogP contribution in [0, 0.1) is 20.5 Å². The number of hydrogen-bond acceptors (Lipinski definition) is 2. The van der Waals surface area contributed by atoms with Crippen LogP contribution in [0.15, 0.2) is 97.2 Å².